The van der Waals surface area contributed by atoms with Crippen molar-refractivity contribution in [2.45, 2.75) is 26.6 Å². The summed E-state index contributed by atoms with van der Waals surface area (Å²) in [6.45, 7) is 3.44. The molecule has 0 saturated carbocycles. The molecule has 0 fully saturated rings. The van der Waals surface area contributed by atoms with Crippen LogP contribution in [0.2, 0.25) is 0 Å². The van der Waals surface area contributed by atoms with Gasteiger partial charge in [0.2, 0.25) is 0 Å². The number of nitrogens with one attached hydrogen (secondary N) is 2. The number of carbonyl (C=O) groups is 2. The largest absolute Gasteiger partial charge is 0.418 e. The van der Waals surface area contributed by atoms with Crippen LogP contribution in [0, 0.1) is 13.8 Å². The topological polar surface area (TPSA) is 88.4 Å². The van der Waals surface area contributed by atoms with Crippen molar-refractivity contribution >= 4 is 18.0 Å². The van der Waals surface area contributed by atoms with Gasteiger partial charge in [0.1, 0.15) is 0 Å². The monoisotopic (exact) mass is 443 g/mol. The van der Waals surface area contributed by atoms with Gasteiger partial charge in [-0.2, -0.15) is 18.3 Å². The van der Waals surface area contributed by atoms with E-state index >= 15 is 0 Å². The molecule has 2 N–H and O–H groups in total. The summed E-state index contributed by atoms with van der Waals surface area (Å²) in [7, 11) is 0. The van der Waals surface area contributed by atoms with Crippen molar-refractivity contribution in [3.05, 3.63) is 82.9 Å². The van der Waals surface area contributed by atoms with Crippen LogP contribution >= 0.6 is 0 Å². The Labute approximate surface area is 182 Å². The van der Waals surface area contributed by atoms with E-state index in [0.29, 0.717) is 17.0 Å². The van der Waals surface area contributed by atoms with Crippen molar-refractivity contribution in [3.8, 4) is 5.69 Å². The van der Waals surface area contributed by atoms with Gasteiger partial charge in [-0.1, -0.05) is 18.2 Å². The molecular weight excluding hydrogens is 423 g/mol. The summed E-state index contributed by atoms with van der Waals surface area (Å²) in [5, 5.41) is 6.20. The van der Waals surface area contributed by atoms with Crippen molar-refractivity contribution < 1.29 is 22.8 Å². The predicted octanol–water partition coefficient (Wildman–Crippen LogP) is 3.27. The fourth-order valence-corrected chi connectivity index (χ4v) is 3.17. The van der Waals surface area contributed by atoms with Crippen LogP contribution in [0.25, 0.3) is 5.69 Å². The molecule has 10 heteroatoms. The van der Waals surface area contributed by atoms with Gasteiger partial charge in [0.25, 0.3) is 0 Å². The van der Waals surface area contributed by atoms with E-state index in [1.165, 1.54) is 29.0 Å². The average Bonchev–Trinajstić information content (AvgIpc) is 3.05. The molecule has 0 saturated heterocycles. The fraction of sp³-hybridized carbons (Fsp3) is 0.182. The zero-order chi connectivity index (χ0) is 23.3. The standard InChI is InChI=1S/C22H20F3N5O2/c1-14-10-17(15(2)30(14)19-8-4-3-7-18(19)22(23,24)25)13-28-29-21(32)20(31)27-12-16-6-5-9-26-11-16/h3-11,13H,12H2,1-2H3,(H,27,31)(H,29,32)/b28-13-. The fourth-order valence-electron chi connectivity index (χ4n) is 3.17. The van der Waals surface area contributed by atoms with Crippen molar-refractivity contribution in [1.82, 2.24) is 20.3 Å². The Bertz CT molecular complexity index is 1150. The van der Waals surface area contributed by atoms with Crippen molar-refractivity contribution in [1.29, 1.82) is 0 Å². The van der Waals surface area contributed by atoms with Crippen LogP contribution in [-0.2, 0) is 22.3 Å². The lowest BCUT2D eigenvalue weighted by molar-refractivity contribution is -0.139. The molecule has 0 unspecified atom stereocenters. The van der Waals surface area contributed by atoms with E-state index in [-0.39, 0.29) is 12.2 Å². The minimum absolute atomic E-state index is 0.00605. The van der Waals surface area contributed by atoms with Gasteiger partial charge in [0.15, 0.2) is 0 Å². The summed E-state index contributed by atoms with van der Waals surface area (Å²) < 4.78 is 41.7. The van der Waals surface area contributed by atoms with Gasteiger partial charge in [0, 0.05) is 35.9 Å². The van der Waals surface area contributed by atoms with E-state index in [0.717, 1.165) is 11.6 Å². The highest BCUT2D eigenvalue weighted by Gasteiger charge is 2.34. The Kier molecular flexibility index (Phi) is 6.72. The van der Waals surface area contributed by atoms with E-state index in [4.69, 9.17) is 0 Å². The molecule has 7 nitrogen and oxygen atoms in total. The number of nitrogens with zero attached hydrogens (tertiary/aromatic N) is 3. The molecule has 2 aromatic heterocycles. The summed E-state index contributed by atoms with van der Waals surface area (Å²) in [4.78, 5) is 27.7. The van der Waals surface area contributed by atoms with Gasteiger partial charge in [-0.05, 0) is 43.7 Å². The van der Waals surface area contributed by atoms with Crippen LogP contribution in [0.4, 0.5) is 13.2 Å². The number of hydrogen-bond acceptors (Lipinski definition) is 4. The second-order valence-corrected chi connectivity index (χ2v) is 6.92. The maximum absolute atomic E-state index is 13.4. The minimum Gasteiger partial charge on any atom is -0.344 e. The smallest absolute Gasteiger partial charge is 0.344 e. The number of amides is 2. The first-order chi connectivity index (χ1) is 15.2. The third-order valence-electron chi connectivity index (χ3n) is 4.67. The molecule has 0 aliphatic carbocycles. The number of aryl methyl sites for hydroxylation is 1. The SMILES string of the molecule is Cc1cc(/C=N\NC(=O)C(=O)NCc2cccnc2)c(C)n1-c1ccccc1C(F)(F)F. The zero-order valence-electron chi connectivity index (χ0n) is 17.3. The van der Waals surface area contributed by atoms with E-state index in [9.17, 15) is 22.8 Å². The summed E-state index contributed by atoms with van der Waals surface area (Å²) >= 11 is 0. The van der Waals surface area contributed by atoms with Gasteiger partial charge in [-0.15, -0.1) is 0 Å². The number of hydrogen-bond donors (Lipinski definition) is 2. The van der Waals surface area contributed by atoms with E-state index in [1.54, 1.807) is 44.4 Å². The Morgan fingerprint density at radius 2 is 1.88 bits per heavy atom. The summed E-state index contributed by atoms with van der Waals surface area (Å²) in [6.07, 6.45) is -0.0824. The number of rotatable bonds is 5. The molecule has 3 aromatic rings. The number of halogens is 3. The number of para-hydroxylation sites is 1. The first-order valence-electron chi connectivity index (χ1n) is 9.54. The maximum atomic E-state index is 13.4. The number of alkyl halides is 3. The second-order valence-electron chi connectivity index (χ2n) is 6.92. The molecule has 0 radical (unpaired) electrons. The number of aromatic nitrogens is 2. The van der Waals surface area contributed by atoms with Crippen molar-refractivity contribution in [2.75, 3.05) is 0 Å². The highest BCUT2D eigenvalue weighted by Crippen LogP contribution is 2.35. The lowest BCUT2D eigenvalue weighted by Gasteiger charge is -2.16. The van der Waals surface area contributed by atoms with Crippen LogP contribution in [0.5, 0.6) is 0 Å². The first kappa shape index (κ1) is 22.7. The molecule has 3 rings (SSSR count). The third kappa shape index (κ3) is 5.20. The summed E-state index contributed by atoms with van der Waals surface area (Å²) in [5.41, 5.74) is 3.62. The van der Waals surface area contributed by atoms with Crippen LogP contribution in [0.3, 0.4) is 0 Å². The van der Waals surface area contributed by atoms with Gasteiger partial charge < -0.3 is 9.88 Å². The molecular formula is C22H20F3N5O2. The lowest BCUT2D eigenvalue weighted by atomic mass is 10.1. The summed E-state index contributed by atoms with van der Waals surface area (Å²) in [6, 6.07) is 10.4. The number of hydrazone groups is 1. The number of pyridine rings is 1. The van der Waals surface area contributed by atoms with Crippen LogP contribution in [0.1, 0.15) is 28.1 Å². The van der Waals surface area contributed by atoms with Gasteiger partial charge in [-0.25, -0.2) is 5.43 Å². The second kappa shape index (κ2) is 9.46. The first-order valence-corrected chi connectivity index (χ1v) is 9.54. The Morgan fingerprint density at radius 3 is 2.56 bits per heavy atom. The lowest BCUT2D eigenvalue weighted by Crippen LogP contribution is -2.37. The van der Waals surface area contributed by atoms with E-state index < -0.39 is 23.6 Å². The van der Waals surface area contributed by atoms with Crippen LogP contribution in [0.15, 0.2) is 60.0 Å². The Balaban J connectivity index is 1.70. The minimum atomic E-state index is -4.51. The van der Waals surface area contributed by atoms with E-state index in [2.05, 4.69) is 20.8 Å². The number of benzene rings is 1. The molecule has 2 amide bonds. The Hall–Kier alpha value is -3.95. The maximum Gasteiger partial charge on any atom is 0.418 e. The third-order valence-corrected chi connectivity index (χ3v) is 4.67. The molecule has 2 heterocycles. The molecule has 0 aliphatic heterocycles. The van der Waals surface area contributed by atoms with Crippen LogP contribution in [-0.4, -0.2) is 27.6 Å². The predicted molar refractivity (Wildman–Crippen MR) is 112 cm³/mol. The molecule has 0 aliphatic rings. The van der Waals surface area contributed by atoms with Gasteiger partial charge in [-0.3, -0.25) is 14.6 Å². The van der Waals surface area contributed by atoms with Crippen molar-refractivity contribution in [3.63, 3.8) is 0 Å². The Morgan fingerprint density at radius 1 is 1.12 bits per heavy atom. The molecule has 0 spiro atoms. The highest BCUT2D eigenvalue weighted by molar-refractivity contribution is 6.35. The highest BCUT2D eigenvalue weighted by atomic mass is 19.4. The number of carbonyl (C=O) groups excluding carboxylic acids is 2. The van der Waals surface area contributed by atoms with Gasteiger partial charge in [0.05, 0.1) is 17.5 Å². The quantitative estimate of drug-likeness (QED) is 0.360. The molecule has 0 bridgehead atoms. The average molecular weight is 443 g/mol. The normalized spacial score (nSPS) is 11.5. The van der Waals surface area contributed by atoms with Gasteiger partial charge >= 0.3 is 18.0 Å². The van der Waals surface area contributed by atoms with Crippen LogP contribution < -0.4 is 10.7 Å². The molecule has 32 heavy (non-hydrogen) atoms. The zero-order valence-corrected chi connectivity index (χ0v) is 17.3. The molecule has 166 valence electrons. The van der Waals surface area contributed by atoms with Crippen molar-refractivity contribution in [2.24, 2.45) is 5.10 Å². The molecule has 0 atom stereocenters. The summed E-state index contributed by atoms with van der Waals surface area (Å²) in [5.74, 6) is -1.85. The molecule has 1 aromatic carbocycles. The van der Waals surface area contributed by atoms with E-state index in [1.807, 2.05) is 0 Å².